The molecule has 0 bridgehead atoms. The van der Waals surface area contributed by atoms with Crippen molar-refractivity contribution in [2.75, 3.05) is 20.8 Å². The van der Waals surface area contributed by atoms with E-state index in [1.165, 1.54) is 11.3 Å². The zero-order valence-corrected chi connectivity index (χ0v) is 18.9. The minimum atomic E-state index is -0.0718. The number of nitrogens with zero attached hydrogens (tertiary/aromatic N) is 2. The number of methoxy groups -OCH3 is 2. The van der Waals surface area contributed by atoms with Crippen molar-refractivity contribution < 1.29 is 14.3 Å². The van der Waals surface area contributed by atoms with Gasteiger partial charge in [-0.1, -0.05) is 24.3 Å². The van der Waals surface area contributed by atoms with E-state index in [0.29, 0.717) is 29.3 Å². The van der Waals surface area contributed by atoms with Crippen molar-refractivity contribution in [1.29, 1.82) is 0 Å². The number of nitrogens with one attached hydrogen (secondary N) is 1. The zero-order valence-electron chi connectivity index (χ0n) is 18.1. The molecule has 6 nitrogen and oxygen atoms in total. The SMILES string of the molecule is COc1ccc(CCNC(=O)c2cc3c(C)nn(-c4ccccc4C)c3s2)cc1OC. The zero-order chi connectivity index (χ0) is 22.0. The van der Waals surface area contributed by atoms with Crippen molar-refractivity contribution >= 4 is 27.5 Å². The highest BCUT2D eigenvalue weighted by molar-refractivity contribution is 7.20. The summed E-state index contributed by atoms with van der Waals surface area (Å²) in [6, 6.07) is 15.8. The van der Waals surface area contributed by atoms with Crippen molar-refractivity contribution in [3.8, 4) is 17.2 Å². The van der Waals surface area contributed by atoms with Crippen molar-refractivity contribution in [2.45, 2.75) is 20.3 Å². The monoisotopic (exact) mass is 435 g/mol. The lowest BCUT2D eigenvalue weighted by Gasteiger charge is -2.10. The number of thiophene rings is 1. The van der Waals surface area contributed by atoms with Gasteiger partial charge in [0.25, 0.3) is 5.91 Å². The Bertz CT molecular complexity index is 1240. The van der Waals surface area contributed by atoms with Gasteiger partial charge in [-0.25, -0.2) is 4.68 Å². The number of ether oxygens (including phenoxy) is 2. The van der Waals surface area contributed by atoms with Crippen molar-refractivity contribution in [2.24, 2.45) is 0 Å². The molecule has 31 heavy (non-hydrogen) atoms. The fourth-order valence-corrected chi connectivity index (χ4v) is 4.66. The highest BCUT2D eigenvalue weighted by Gasteiger charge is 2.17. The molecule has 2 heterocycles. The van der Waals surface area contributed by atoms with Crippen LogP contribution in [0.4, 0.5) is 0 Å². The van der Waals surface area contributed by atoms with Crippen LogP contribution in [0.25, 0.3) is 15.9 Å². The largest absolute Gasteiger partial charge is 0.493 e. The molecule has 1 amide bonds. The summed E-state index contributed by atoms with van der Waals surface area (Å²) in [5, 5.41) is 8.72. The Morgan fingerprint density at radius 1 is 1.06 bits per heavy atom. The standard InChI is InChI=1S/C24H25N3O3S/c1-15-7-5-6-8-19(15)27-24-18(16(2)26-27)14-22(31-24)23(28)25-12-11-17-9-10-20(29-3)21(13-17)30-4/h5-10,13-14H,11-12H2,1-4H3,(H,25,28). The van der Waals surface area contributed by atoms with Crippen LogP contribution in [-0.2, 0) is 6.42 Å². The Labute approximate surface area is 185 Å². The average Bonchev–Trinajstić information content (AvgIpc) is 3.35. The smallest absolute Gasteiger partial charge is 0.261 e. The second-order valence-electron chi connectivity index (χ2n) is 7.31. The van der Waals surface area contributed by atoms with Crippen molar-refractivity contribution in [3.05, 3.63) is 70.2 Å². The number of para-hydroxylation sites is 1. The van der Waals surface area contributed by atoms with E-state index in [-0.39, 0.29) is 5.91 Å². The van der Waals surface area contributed by atoms with E-state index in [0.717, 1.165) is 32.7 Å². The molecule has 2 aromatic heterocycles. The van der Waals surface area contributed by atoms with Gasteiger partial charge in [0.05, 0.1) is 30.5 Å². The van der Waals surface area contributed by atoms with Gasteiger partial charge in [0.15, 0.2) is 11.5 Å². The number of fused-ring (bicyclic) bond motifs is 1. The third-order valence-corrected chi connectivity index (χ3v) is 6.37. The lowest BCUT2D eigenvalue weighted by Crippen LogP contribution is -2.24. The number of carbonyl (C=O) groups is 1. The van der Waals surface area contributed by atoms with Crippen LogP contribution >= 0.6 is 11.3 Å². The van der Waals surface area contributed by atoms with Crippen LogP contribution in [0.15, 0.2) is 48.5 Å². The minimum absolute atomic E-state index is 0.0718. The first-order chi connectivity index (χ1) is 15.0. The second-order valence-corrected chi connectivity index (χ2v) is 8.34. The van der Waals surface area contributed by atoms with Gasteiger partial charge < -0.3 is 14.8 Å². The molecule has 0 aliphatic heterocycles. The van der Waals surface area contributed by atoms with Crippen LogP contribution in [0.3, 0.4) is 0 Å². The Balaban J connectivity index is 1.49. The number of hydrogen-bond donors (Lipinski definition) is 1. The average molecular weight is 436 g/mol. The summed E-state index contributed by atoms with van der Waals surface area (Å²) in [6.07, 6.45) is 0.701. The Morgan fingerprint density at radius 3 is 2.58 bits per heavy atom. The van der Waals surface area contributed by atoms with Crippen LogP contribution in [0.5, 0.6) is 11.5 Å². The Morgan fingerprint density at radius 2 is 1.84 bits per heavy atom. The normalized spacial score (nSPS) is 11.0. The van der Waals surface area contributed by atoms with Crippen LogP contribution < -0.4 is 14.8 Å². The first-order valence-corrected chi connectivity index (χ1v) is 10.9. The lowest BCUT2D eigenvalue weighted by atomic mass is 10.1. The van der Waals surface area contributed by atoms with Gasteiger partial charge >= 0.3 is 0 Å². The fraction of sp³-hybridized carbons (Fsp3) is 0.250. The quantitative estimate of drug-likeness (QED) is 0.457. The van der Waals surface area contributed by atoms with Gasteiger partial charge in [-0.3, -0.25) is 4.79 Å². The van der Waals surface area contributed by atoms with Crippen LogP contribution in [0.2, 0.25) is 0 Å². The van der Waals surface area contributed by atoms with Crippen molar-refractivity contribution in [3.63, 3.8) is 0 Å². The van der Waals surface area contributed by atoms with Gasteiger partial charge in [-0.15, -0.1) is 11.3 Å². The molecule has 4 aromatic rings. The molecule has 0 unspecified atom stereocenters. The summed E-state index contributed by atoms with van der Waals surface area (Å²) in [4.78, 5) is 14.4. The van der Waals surface area contributed by atoms with Crippen LogP contribution in [0, 0.1) is 13.8 Å². The third-order valence-electron chi connectivity index (χ3n) is 5.26. The van der Waals surface area contributed by atoms with E-state index < -0.39 is 0 Å². The summed E-state index contributed by atoms with van der Waals surface area (Å²) in [5.74, 6) is 1.31. The highest BCUT2D eigenvalue weighted by Crippen LogP contribution is 2.31. The van der Waals surface area contributed by atoms with E-state index in [1.54, 1.807) is 14.2 Å². The van der Waals surface area contributed by atoms with E-state index in [2.05, 4.69) is 23.4 Å². The predicted molar refractivity (Wildman–Crippen MR) is 124 cm³/mol. The predicted octanol–water partition coefficient (Wildman–Crippen LogP) is 4.69. The van der Waals surface area contributed by atoms with Gasteiger partial charge in [0.2, 0.25) is 0 Å². The number of amides is 1. The molecule has 0 spiro atoms. The van der Waals surface area contributed by atoms with Crippen LogP contribution in [0.1, 0.15) is 26.5 Å². The molecular weight excluding hydrogens is 410 g/mol. The Kier molecular flexibility index (Phi) is 5.95. The molecule has 4 rings (SSSR count). The lowest BCUT2D eigenvalue weighted by molar-refractivity contribution is 0.0958. The first kappa shape index (κ1) is 20.9. The number of hydrogen-bond acceptors (Lipinski definition) is 5. The molecule has 160 valence electrons. The minimum Gasteiger partial charge on any atom is -0.493 e. The van der Waals surface area contributed by atoms with E-state index >= 15 is 0 Å². The first-order valence-electron chi connectivity index (χ1n) is 10.1. The molecule has 0 aliphatic rings. The maximum Gasteiger partial charge on any atom is 0.261 e. The fourth-order valence-electron chi connectivity index (χ4n) is 3.57. The molecule has 0 atom stereocenters. The van der Waals surface area contributed by atoms with E-state index in [1.807, 2.05) is 54.1 Å². The summed E-state index contributed by atoms with van der Waals surface area (Å²) in [6.45, 7) is 4.57. The molecule has 1 N–H and O–H groups in total. The van der Waals surface area contributed by atoms with E-state index in [9.17, 15) is 4.79 Å². The maximum atomic E-state index is 12.8. The number of carbonyl (C=O) groups excluding carboxylic acids is 1. The molecule has 2 aromatic carbocycles. The molecule has 7 heteroatoms. The van der Waals surface area contributed by atoms with E-state index in [4.69, 9.17) is 9.47 Å². The molecule has 0 fully saturated rings. The molecule has 0 saturated carbocycles. The number of aromatic nitrogens is 2. The molecule has 0 aliphatic carbocycles. The number of rotatable bonds is 7. The maximum absolute atomic E-state index is 12.8. The van der Waals surface area contributed by atoms with Crippen LogP contribution in [-0.4, -0.2) is 36.5 Å². The van der Waals surface area contributed by atoms with Gasteiger partial charge in [-0.2, -0.15) is 5.10 Å². The second kappa shape index (κ2) is 8.81. The summed E-state index contributed by atoms with van der Waals surface area (Å²) >= 11 is 1.47. The number of aryl methyl sites for hydroxylation is 2. The van der Waals surface area contributed by atoms with Gasteiger partial charge in [0, 0.05) is 11.9 Å². The van der Waals surface area contributed by atoms with Crippen molar-refractivity contribution in [1.82, 2.24) is 15.1 Å². The summed E-state index contributed by atoms with van der Waals surface area (Å²) < 4.78 is 12.6. The van der Waals surface area contributed by atoms with Gasteiger partial charge in [-0.05, 0) is 55.7 Å². The topological polar surface area (TPSA) is 65.4 Å². The number of benzene rings is 2. The van der Waals surface area contributed by atoms with Gasteiger partial charge in [0.1, 0.15) is 4.83 Å². The third kappa shape index (κ3) is 4.14. The Hall–Kier alpha value is -3.32. The highest BCUT2D eigenvalue weighted by atomic mass is 32.1. The molecule has 0 saturated heterocycles. The molecule has 0 radical (unpaired) electrons. The molecular formula is C24H25N3O3S. The summed E-state index contributed by atoms with van der Waals surface area (Å²) in [7, 11) is 3.23. The summed E-state index contributed by atoms with van der Waals surface area (Å²) in [5.41, 5.74) is 4.16.